The molecule has 9 nitrogen and oxygen atoms in total. The van der Waals surface area contributed by atoms with Crippen molar-refractivity contribution < 1.29 is 39.8 Å². The maximum Gasteiger partial charge on any atom is 0.220 e. The van der Waals surface area contributed by atoms with E-state index in [-0.39, 0.29) is 12.5 Å². The number of amides is 1. The fraction of sp³-hybridized carbons (Fsp3) is 0.986. The number of carbonyl (C=O) groups excluding carboxylic acids is 1. The first kappa shape index (κ1) is 75.2. The summed E-state index contributed by atoms with van der Waals surface area (Å²) in [5, 5.41) is 54.9. The van der Waals surface area contributed by atoms with Gasteiger partial charge in [-0.3, -0.25) is 4.79 Å². The first-order valence-electron chi connectivity index (χ1n) is 35.2. The molecule has 0 aromatic carbocycles. The van der Waals surface area contributed by atoms with E-state index >= 15 is 0 Å². The molecule has 9 heteroatoms. The van der Waals surface area contributed by atoms with Gasteiger partial charge in [-0.2, -0.15) is 0 Å². The summed E-state index contributed by atoms with van der Waals surface area (Å²) < 4.78 is 11.4. The van der Waals surface area contributed by atoms with E-state index in [1.165, 1.54) is 315 Å². The van der Waals surface area contributed by atoms with Gasteiger partial charge < -0.3 is 40.3 Å². The number of aliphatic hydroxyl groups excluding tert-OH is 5. The third kappa shape index (κ3) is 47.7. The van der Waals surface area contributed by atoms with E-state index in [0.717, 1.165) is 38.5 Å². The van der Waals surface area contributed by atoms with Crippen LogP contribution < -0.4 is 5.32 Å². The lowest BCUT2D eigenvalue weighted by Gasteiger charge is -2.40. The van der Waals surface area contributed by atoms with Gasteiger partial charge in [0.15, 0.2) is 6.29 Å². The first-order valence-corrected chi connectivity index (χ1v) is 35.2. The second kappa shape index (κ2) is 59.4. The molecule has 0 aromatic rings. The average Bonchev–Trinajstić information content (AvgIpc) is 3.45. The summed E-state index contributed by atoms with van der Waals surface area (Å²) in [6, 6.07) is -0.715. The van der Waals surface area contributed by atoms with E-state index in [1.54, 1.807) is 0 Å². The van der Waals surface area contributed by atoms with E-state index in [9.17, 15) is 30.3 Å². The van der Waals surface area contributed by atoms with Crippen molar-refractivity contribution in [1.82, 2.24) is 5.32 Å². The molecule has 7 unspecified atom stereocenters. The van der Waals surface area contributed by atoms with Crippen molar-refractivity contribution in [2.75, 3.05) is 13.2 Å². The minimum atomic E-state index is -1.55. The number of unbranched alkanes of at least 4 members (excludes halogenated alkanes) is 53. The highest BCUT2D eigenvalue weighted by Crippen LogP contribution is 2.24. The van der Waals surface area contributed by atoms with Gasteiger partial charge in [-0.1, -0.05) is 361 Å². The standard InChI is InChI=1S/C69H137NO8/c1-3-5-7-9-11-13-15-17-19-21-23-25-27-29-31-32-33-34-36-38-40-42-44-46-48-50-52-54-56-58-63(72)62(61-77-69-68(76)67(75)66(74)64(60-71)78-69)70-65(73)59-57-55-53-51-49-47-45-43-41-39-37-35-30-28-26-24-22-20-18-16-14-12-10-8-6-4-2/h62-64,66-69,71-72,74-76H,3-61H2,1-2H3,(H,70,73). The summed E-state index contributed by atoms with van der Waals surface area (Å²) in [5.41, 5.74) is 0. The summed E-state index contributed by atoms with van der Waals surface area (Å²) in [5.74, 6) is -0.133. The Bertz CT molecular complexity index is 1190. The van der Waals surface area contributed by atoms with E-state index < -0.39 is 49.5 Å². The van der Waals surface area contributed by atoms with Crippen molar-refractivity contribution in [3.8, 4) is 0 Å². The van der Waals surface area contributed by atoms with Gasteiger partial charge in [0.05, 0.1) is 25.4 Å². The third-order valence-corrected chi connectivity index (χ3v) is 17.5. The maximum atomic E-state index is 13.1. The molecule has 466 valence electrons. The van der Waals surface area contributed by atoms with E-state index in [2.05, 4.69) is 19.2 Å². The Hall–Kier alpha value is -0.810. The van der Waals surface area contributed by atoms with Crippen LogP contribution in [0.25, 0.3) is 0 Å². The summed E-state index contributed by atoms with van der Waals surface area (Å²) in [6.45, 7) is 3.91. The normalized spacial score (nSPS) is 18.5. The lowest BCUT2D eigenvalue weighted by Crippen LogP contribution is -2.60. The average molecular weight is 1110 g/mol. The van der Waals surface area contributed by atoms with Gasteiger partial charge in [0.1, 0.15) is 24.4 Å². The van der Waals surface area contributed by atoms with Crippen LogP contribution in [0.1, 0.15) is 380 Å². The molecular formula is C69H137NO8. The molecule has 0 aromatic heterocycles. The second-order valence-corrected chi connectivity index (χ2v) is 25.0. The SMILES string of the molecule is CCCCCCCCCCCCCCCCCCCCCCCCCCCCCCCC(O)C(COC1OC(CO)C(O)C(O)C1O)NC(=O)CCCCCCCCCCCCCCCCCCCCCCCCCCCC. The molecule has 1 saturated heterocycles. The highest BCUT2D eigenvalue weighted by atomic mass is 16.7. The van der Waals surface area contributed by atoms with Crippen LogP contribution in [0.3, 0.4) is 0 Å². The van der Waals surface area contributed by atoms with Gasteiger partial charge in [-0.05, 0) is 12.8 Å². The molecule has 78 heavy (non-hydrogen) atoms. The number of nitrogens with one attached hydrogen (secondary N) is 1. The van der Waals surface area contributed by atoms with Crippen LogP contribution >= 0.6 is 0 Å². The zero-order valence-electron chi connectivity index (χ0n) is 52.2. The molecule has 1 fully saturated rings. The molecule has 0 aliphatic carbocycles. The van der Waals surface area contributed by atoms with Crippen molar-refractivity contribution >= 4 is 5.91 Å². The topological polar surface area (TPSA) is 149 Å². The van der Waals surface area contributed by atoms with Crippen LogP contribution in [0.2, 0.25) is 0 Å². The molecule has 0 saturated carbocycles. The van der Waals surface area contributed by atoms with Crippen LogP contribution in [0, 0.1) is 0 Å². The molecule has 0 bridgehead atoms. The molecule has 6 N–H and O–H groups in total. The Morgan fingerprint density at radius 2 is 0.641 bits per heavy atom. The minimum absolute atomic E-state index is 0.130. The summed E-state index contributed by atoms with van der Waals surface area (Å²) in [7, 11) is 0. The number of aliphatic hydroxyl groups is 5. The predicted molar refractivity (Wildman–Crippen MR) is 332 cm³/mol. The molecule has 1 aliphatic heterocycles. The van der Waals surface area contributed by atoms with Crippen LogP contribution in [-0.4, -0.2) is 87.5 Å². The smallest absolute Gasteiger partial charge is 0.220 e. The number of ether oxygens (including phenoxy) is 2. The Morgan fingerprint density at radius 1 is 0.385 bits per heavy atom. The van der Waals surface area contributed by atoms with Gasteiger partial charge in [0.25, 0.3) is 0 Å². The van der Waals surface area contributed by atoms with Crippen molar-refractivity contribution in [3.05, 3.63) is 0 Å². The van der Waals surface area contributed by atoms with Gasteiger partial charge in [-0.25, -0.2) is 0 Å². The highest BCUT2D eigenvalue weighted by molar-refractivity contribution is 5.76. The largest absolute Gasteiger partial charge is 0.394 e. The molecular weight excluding hydrogens is 971 g/mol. The minimum Gasteiger partial charge on any atom is -0.394 e. The van der Waals surface area contributed by atoms with Gasteiger partial charge in [-0.15, -0.1) is 0 Å². The van der Waals surface area contributed by atoms with E-state index in [4.69, 9.17) is 9.47 Å². The molecule has 7 atom stereocenters. The Labute approximate surface area is 484 Å². The lowest BCUT2D eigenvalue weighted by molar-refractivity contribution is -0.302. The van der Waals surface area contributed by atoms with E-state index in [0.29, 0.717) is 12.8 Å². The fourth-order valence-corrected chi connectivity index (χ4v) is 11.9. The Morgan fingerprint density at radius 3 is 0.910 bits per heavy atom. The monoisotopic (exact) mass is 1110 g/mol. The number of carbonyl (C=O) groups is 1. The van der Waals surface area contributed by atoms with Crippen molar-refractivity contribution in [1.29, 1.82) is 0 Å². The quantitative estimate of drug-likeness (QED) is 0.0330. The third-order valence-electron chi connectivity index (χ3n) is 17.5. The Balaban J connectivity index is 2.10. The second-order valence-electron chi connectivity index (χ2n) is 25.0. The molecule has 1 aliphatic rings. The van der Waals surface area contributed by atoms with Crippen molar-refractivity contribution in [2.24, 2.45) is 0 Å². The summed E-state index contributed by atoms with van der Waals surface area (Å²) in [4.78, 5) is 13.1. The number of hydrogen-bond acceptors (Lipinski definition) is 8. The predicted octanol–water partition coefficient (Wildman–Crippen LogP) is 18.9. The van der Waals surface area contributed by atoms with Gasteiger partial charge in [0, 0.05) is 6.42 Å². The number of rotatable bonds is 63. The molecule has 1 rings (SSSR count). The molecule has 0 radical (unpaired) electrons. The maximum absolute atomic E-state index is 13.1. The molecule has 0 spiro atoms. The lowest BCUT2D eigenvalue weighted by atomic mass is 9.99. The molecule has 1 heterocycles. The zero-order chi connectivity index (χ0) is 56.5. The number of hydrogen-bond donors (Lipinski definition) is 6. The van der Waals surface area contributed by atoms with Crippen LogP contribution in [0.4, 0.5) is 0 Å². The zero-order valence-corrected chi connectivity index (χ0v) is 52.2. The van der Waals surface area contributed by atoms with E-state index in [1.807, 2.05) is 0 Å². The van der Waals surface area contributed by atoms with Crippen molar-refractivity contribution in [3.63, 3.8) is 0 Å². The molecule has 1 amide bonds. The van der Waals surface area contributed by atoms with Gasteiger partial charge >= 0.3 is 0 Å². The van der Waals surface area contributed by atoms with Gasteiger partial charge in [0.2, 0.25) is 5.91 Å². The summed E-state index contributed by atoms with van der Waals surface area (Å²) in [6.07, 6.45) is 67.5. The van der Waals surface area contributed by atoms with Crippen LogP contribution in [-0.2, 0) is 14.3 Å². The first-order chi connectivity index (χ1) is 38.3. The fourth-order valence-electron chi connectivity index (χ4n) is 11.9. The van der Waals surface area contributed by atoms with Crippen LogP contribution in [0.5, 0.6) is 0 Å². The Kier molecular flexibility index (Phi) is 57.2. The summed E-state index contributed by atoms with van der Waals surface area (Å²) >= 11 is 0. The van der Waals surface area contributed by atoms with Crippen LogP contribution in [0.15, 0.2) is 0 Å². The van der Waals surface area contributed by atoms with Crippen molar-refractivity contribution in [2.45, 2.75) is 423 Å². The highest BCUT2D eigenvalue weighted by Gasteiger charge is 2.44.